The summed E-state index contributed by atoms with van der Waals surface area (Å²) in [6.45, 7) is 1.06. The van der Waals surface area contributed by atoms with Gasteiger partial charge >= 0.3 is 0 Å². The number of carbonyl (C=O) groups is 1. The molecular weight excluding hydrogens is 382 g/mol. The van der Waals surface area contributed by atoms with Crippen molar-refractivity contribution >= 4 is 23.2 Å². The van der Waals surface area contributed by atoms with Crippen molar-refractivity contribution in [1.82, 2.24) is 10.6 Å². The second kappa shape index (κ2) is 10.1. The Bertz CT molecular complexity index is 909. The Morgan fingerprint density at radius 3 is 2.07 bits per heavy atom. The van der Waals surface area contributed by atoms with Crippen LogP contribution in [-0.4, -0.2) is 20.0 Å². The zero-order valence-electron chi connectivity index (χ0n) is 16.7. The van der Waals surface area contributed by atoms with Gasteiger partial charge in [0.1, 0.15) is 6.04 Å². The molecule has 5 heteroatoms. The third-order valence-corrected chi connectivity index (χ3v) is 4.99. The molecule has 0 saturated heterocycles. The molecule has 0 spiro atoms. The molecule has 3 aromatic rings. The Morgan fingerprint density at radius 1 is 0.862 bits per heavy atom. The monoisotopic (exact) mass is 407 g/mol. The maximum Gasteiger partial charge on any atom is 0.242 e. The van der Waals surface area contributed by atoms with Crippen molar-refractivity contribution in [3.63, 3.8) is 0 Å². The molecule has 3 rings (SSSR count). The lowest BCUT2D eigenvalue weighted by atomic mass is 10.1. The van der Waals surface area contributed by atoms with E-state index < -0.39 is 6.04 Å². The van der Waals surface area contributed by atoms with E-state index in [0.29, 0.717) is 18.1 Å². The molecule has 150 valence electrons. The average molecular weight is 408 g/mol. The molecule has 1 amide bonds. The summed E-state index contributed by atoms with van der Waals surface area (Å²) in [6, 6.07) is 25.1. The summed E-state index contributed by atoms with van der Waals surface area (Å²) >= 11 is 5.93. The van der Waals surface area contributed by atoms with E-state index in [4.69, 9.17) is 11.6 Å². The van der Waals surface area contributed by atoms with Gasteiger partial charge in [-0.25, -0.2) is 0 Å². The van der Waals surface area contributed by atoms with Gasteiger partial charge in [-0.2, -0.15) is 0 Å². The van der Waals surface area contributed by atoms with Crippen LogP contribution in [0.25, 0.3) is 0 Å². The number of rotatable bonds is 8. The van der Waals surface area contributed by atoms with Crippen molar-refractivity contribution in [2.45, 2.75) is 19.1 Å². The van der Waals surface area contributed by atoms with Crippen LogP contribution in [0.1, 0.15) is 22.7 Å². The lowest BCUT2D eigenvalue weighted by molar-refractivity contribution is -0.123. The summed E-state index contributed by atoms with van der Waals surface area (Å²) in [4.78, 5) is 15.0. The summed E-state index contributed by atoms with van der Waals surface area (Å²) in [5.74, 6) is -0.0592. The van der Waals surface area contributed by atoms with Gasteiger partial charge in [0.05, 0.1) is 0 Å². The third kappa shape index (κ3) is 6.08. The predicted octanol–water partition coefficient (Wildman–Crippen LogP) is 4.55. The molecule has 0 aliphatic rings. The van der Waals surface area contributed by atoms with E-state index in [-0.39, 0.29) is 5.91 Å². The van der Waals surface area contributed by atoms with Gasteiger partial charge in [-0.3, -0.25) is 10.1 Å². The van der Waals surface area contributed by atoms with Crippen molar-refractivity contribution in [3.8, 4) is 0 Å². The molecular formula is C24H26ClN3O. The van der Waals surface area contributed by atoms with E-state index in [0.717, 1.165) is 22.4 Å². The summed E-state index contributed by atoms with van der Waals surface area (Å²) in [5.41, 5.74) is 4.22. The van der Waals surface area contributed by atoms with Crippen LogP contribution in [0, 0.1) is 0 Å². The molecule has 0 aliphatic carbocycles. The van der Waals surface area contributed by atoms with Gasteiger partial charge < -0.3 is 10.2 Å². The number of nitrogens with zero attached hydrogens (tertiary/aromatic N) is 1. The minimum absolute atomic E-state index is 0.0592. The van der Waals surface area contributed by atoms with E-state index in [1.54, 1.807) is 0 Å². The van der Waals surface area contributed by atoms with Crippen molar-refractivity contribution in [2.75, 3.05) is 19.0 Å². The van der Waals surface area contributed by atoms with Gasteiger partial charge in [-0.1, -0.05) is 66.2 Å². The standard InChI is InChI=1S/C24H26ClN3O/c1-28(2)22-14-10-19(11-15-22)16-26-23(20-6-4-3-5-7-20)24(29)27-17-18-8-12-21(25)13-9-18/h3-15,23,26H,16-17H2,1-2H3,(H,27,29). The van der Waals surface area contributed by atoms with Crippen molar-refractivity contribution < 1.29 is 4.79 Å². The number of hydrogen-bond acceptors (Lipinski definition) is 3. The summed E-state index contributed by atoms with van der Waals surface area (Å²) < 4.78 is 0. The molecule has 0 heterocycles. The van der Waals surface area contributed by atoms with Crippen LogP contribution in [0.5, 0.6) is 0 Å². The molecule has 0 aromatic heterocycles. The lowest BCUT2D eigenvalue weighted by Gasteiger charge is -2.19. The molecule has 29 heavy (non-hydrogen) atoms. The minimum Gasteiger partial charge on any atom is -0.378 e. The highest BCUT2D eigenvalue weighted by Gasteiger charge is 2.19. The predicted molar refractivity (Wildman–Crippen MR) is 120 cm³/mol. The molecule has 1 atom stereocenters. The number of carbonyl (C=O) groups excluding carboxylic acids is 1. The molecule has 2 N–H and O–H groups in total. The zero-order valence-corrected chi connectivity index (χ0v) is 17.5. The first kappa shape index (κ1) is 20.9. The first-order chi connectivity index (χ1) is 14.0. The summed E-state index contributed by atoms with van der Waals surface area (Å²) in [6.07, 6.45) is 0. The van der Waals surface area contributed by atoms with Crippen LogP contribution in [0.4, 0.5) is 5.69 Å². The van der Waals surface area contributed by atoms with Crippen LogP contribution in [0.2, 0.25) is 5.02 Å². The van der Waals surface area contributed by atoms with Crippen LogP contribution in [0.3, 0.4) is 0 Å². The largest absolute Gasteiger partial charge is 0.378 e. The molecule has 0 bridgehead atoms. The fourth-order valence-corrected chi connectivity index (χ4v) is 3.16. The van der Waals surface area contributed by atoms with Gasteiger partial charge in [-0.15, -0.1) is 0 Å². The molecule has 3 aromatic carbocycles. The quantitative estimate of drug-likeness (QED) is 0.575. The summed E-state index contributed by atoms with van der Waals surface area (Å²) in [5, 5.41) is 7.11. The minimum atomic E-state index is -0.433. The molecule has 0 fully saturated rings. The highest BCUT2D eigenvalue weighted by Crippen LogP contribution is 2.17. The van der Waals surface area contributed by atoms with Crippen molar-refractivity contribution in [3.05, 3.63) is 101 Å². The highest BCUT2D eigenvalue weighted by atomic mass is 35.5. The maximum absolute atomic E-state index is 12.9. The van der Waals surface area contributed by atoms with Gasteiger partial charge in [0.15, 0.2) is 0 Å². The van der Waals surface area contributed by atoms with Crippen molar-refractivity contribution in [1.29, 1.82) is 0 Å². The Balaban J connectivity index is 1.67. The van der Waals surface area contributed by atoms with E-state index >= 15 is 0 Å². The summed E-state index contributed by atoms with van der Waals surface area (Å²) in [7, 11) is 4.04. The van der Waals surface area contributed by atoms with Crippen LogP contribution >= 0.6 is 11.6 Å². The fourth-order valence-electron chi connectivity index (χ4n) is 3.03. The van der Waals surface area contributed by atoms with Crippen LogP contribution in [0.15, 0.2) is 78.9 Å². The van der Waals surface area contributed by atoms with Gasteiger partial charge in [0, 0.05) is 37.9 Å². The Hall–Kier alpha value is -2.82. The number of amides is 1. The molecule has 0 radical (unpaired) electrons. The molecule has 1 unspecified atom stereocenters. The first-order valence-electron chi connectivity index (χ1n) is 9.59. The van der Waals surface area contributed by atoms with E-state index in [2.05, 4.69) is 39.8 Å². The van der Waals surface area contributed by atoms with Gasteiger partial charge in [0.2, 0.25) is 5.91 Å². The Kier molecular flexibility index (Phi) is 7.28. The number of halogens is 1. The van der Waals surface area contributed by atoms with Crippen LogP contribution in [-0.2, 0) is 17.9 Å². The second-order valence-corrected chi connectivity index (χ2v) is 7.57. The molecule has 4 nitrogen and oxygen atoms in total. The normalized spacial score (nSPS) is 11.7. The van der Waals surface area contributed by atoms with E-state index in [9.17, 15) is 4.79 Å². The Labute approximate surface area is 177 Å². The lowest BCUT2D eigenvalue weighted by Crippen LogP contribution is -2.37. The molecule has 0 saturated carbocycles. The van der Waals surface area contributed by atoms with E-state index in [1.165, 1.54) is 0 Å². The number of hydrogen-bond donors (Lipinski definition) is 2. The molecule has 0 aliphatic heterocycles. The average Bonchev–Trinajstić information content (AvgIpc) is 2.74. The van der Waals surface area contributed by atoms with Crippen molar-refractivity contribution in [2.24, 2.45) is 0 Å². The zero-order chi connectivity index (χ0) is 20.6. The maximum atomic E-state index is 12.9. The van der Waals surface area contributed by atoms with Crippen LogP contribution < -0.4 is 15.5 Å². The highest BCUT2D eigenvalue weighted by molar-refractivity contribution is 6.30. The Morgan fingerprint density at radius 2 is 1.45 bits per heavy atom. The number of anilines is 1. The SMILES string of the molecule is CN(C)c1ccc(CNC(C(=O)NCc2ccc(Cl)cc2)c2ccccc2)cc1. The van der Waals surface area contributed by atoms with E-state index in [1.807, 2.05) is 68.7 Å². The third-order valence-electron chi connectivity index (χ3n) is 4.74. The smallest absolute Gasteiger partial charge is 0.242 e. The van der Waals surface area contributed by atoms with Gasteiger partial charge in [-0.05, 0) is 41.0 Å². The fraction of sp³-hybridized carbons (Fsp3) is 0.208. The number of benzene rings is 3. The second-order valence-electron chi connectivity index (χ2n) is 7.13. The van der Waals surface area contributed by atoms with Gasteiger partial charge in [0.25, 0.3) is 0 Å². The first-order valence-corrected chi connectivity index (χ1v) is 9.97. The topological polar surface area (TPSA) is 44.4 Å². The number of nitrogens with one attached hydrogen (secondary N) is 2.